The van der Waals surface area contributed by atoms with Crippen molar-refractivity contribution >= 4 is 29.4 Å². The van der Waals surface area contributed by atoms with Crippen molar-refractivity contribution in [3.8, 4) is 11.3 Å². The number of aliphatic hydroxyl groups excluding tert-OH is 1. The summed E-state index contributed by atoms with van der Waals surface area (Å²) in [5, 5.41) is 16.2. The zero-order valence-corrected chi connectivity index (χ0v) is 20.8. The summed E-state index contributed by atoms with van der Waals surface area (Å²) in [7, 11) is 0. The number of aromatic nitrogens is 3. The van der Waals surface area contributed by atoms with Gasteiger partial charge in [-0.3, -0.25) is 14.6 Å². The molecule has 3 aromatic rings. The highest BCUT2D eigenvalue weighted by molar-refractivity contribution is 6.33. The Labute approximate surface area is 219 Å². The van der Waals surface area contributed by atoms with Crippen LogP contribution < -0.4 is 10.6 Å². The number of carbonyl (C=O) groups is 2. The lowest BCUT2D eigenvalue weighted by atomic mass is 10.0. The number of pyridine rings is 1. The van der Waals surface area contributed by atoms with E-state index in [0.717, 1.165) is 18.4 Å². The third-order valence-electron chi connectivity index (χ3n) is 6.46. The van der Waals surface area contributed by atoms with Gasteiger partial charge < -0.3 is 25.4 Å². The Hall–Kier alpha value is -3.60. The summed E-state index contributed by atoms with van der Waals surface area (Å²) in [4.78, 5) is 40.4. The number of carbonyl (C=O) groups excluding carboxylic acids is 2. The second-order valence-corrected chi connectivity index (χ2v) is 9.42. The first-order chi connectivity index (χ1) is 18.0. The van der Waals surface area contributed by atoms with Crippen LogP contribution in [0.15, 0.2) is 48.8 Å². The van der Waals surface area contributed by atoms with Crippen LogP contribution in [0.4, 0.5) is 5.95 Å². The van der Waals surface area contributed by atoms with Gasteiger partial charge in [-0.1, -0.05) is 29.8 Å². The lowest BCUT2D eigenvalue weighted by Gasteiger charge is -2.23. The van der Waals surface area contributed by atoms with Crippen LogP contribution in [0.5, 0.6) is 0 Å². The molecule has 5 rings (SSSR count). The smallest absolute Gasteiger partial charge is 0.254 e. The molecule has 1 unspecified atom stereocenters. The molecule has 37 heavy (non-hydrogen) atoms. The number of nitrogens with one attached hydrogen (secondary N) is 2. The molecule has 0 radical (unpaired) electrons. The molecule has 0 bridgehead atoms. The number of amides is 2. The molecule has 1 saturated heterocycles. The number of fused-ring (bicyclic) bond motifs is 1. The summed E-state index contributed by atoms with van der Waals surface area (Å²) in [5.74, 6) is -0.160. The summed E-state index contributed by atoms with van der Waals surface area (Å²) in [6.45, 7) is 1.26. The summed E-state index contributed by atoms with van der Waals surface area (Å²) in [6, 6.07) is 10.3. The van der Waals surface area contributed by atoms with Gasteiger partial charge in [0.25, 0.3) is 5.91 Å². The standard InChI is InChI=1S/C26H27ClN6O4/c27-20-12-29-26(30-18-6-9-37-10-7-18)32-24(20)16-4-5-17-13-33(25(36)19(17)11-16)14-23(35)31-22(15-34)21-3-1-2-8-28-21/h1-5,8,11-12,18,22,34H,6-7,9-10,13-15H2,(H,31,35)(H,29,30,32). The molecule has 2 aromatic heterocycles. The molecule has 2 aliphatic heterocycles. The highest BCUT2D eigenvalue weighted by Gasteiger charge is 2.30. The van der Waals surface area contributed by atoms with E-state index in [1.165, 1.54) is 4.90 Å². The Morgan fingerprint density at radius 1 is 1.22 bits per heavy atom. The van der Waals surface area contributed by atoms with Crippen LogP contribution in [0, 0.1) is 0 Å². The number of rotatable bonds is 8. The average molecular weight is 523 g/mol. The van der Waals surface area contributed by atoms with Crippen molar-refractivity contribution in [1.29, 1.82) is 0 Å². The number of halogens is 1. The van der Waals surface area contributed by atoms with Gasteiger partial charge in [0, 0.05) is 43.1 Å². The van der Waals surface area contributed by atoms with E-state index in [4.69, 9.17) is 16.3 Å². The van der Waals surface area contributed by atoms with E-state index in [1.807, 2.05) is 12.1 Å². The number of benzene rings is 1. The van der Waals surface area contributed by atoms with E-state index in [1.54, 1.807) is 36.7 Å². The number of ether oxygens (including phenoxy) is 1. The molecular weight excluding hydrogens is 496 g/mol. The van der Waals surface area contributed by atoms with Gasteiger partial charge in [0.15, 0.2) is 0 Å². The SMILES string of the molecule is O=C(CN1Cc2ccc(-c3nc(NC4CCOCC4)ncc3Cl)cc2C1=O)NC(CO)c1ccccn1. The Kier molecular flexibility index (Phi) is 7.59. The van der Waals surface area contributed by atoms with Crippen LogP contribution >= 0.6 is 11.6 Å². The molecule has 11 heteroatoms. The van der Waals surface area contributed by atoms with Crippen molar-refractivity contribution in [2.24, 2.45) is 0 Å². The largest absolute Gasteiger partial charge is 0.394 e. The molecule has 3 N–H and O–H groups in total. The van der Waals surface area contributed by atoms with E-state index >= 15 is 0 Å². The van der Waals surface area contributed by atoms with Crippen molar-refractivity contribution in [3.63, 3.8) is 0 Å². The second-order valence-electron chi connectivity index (χ2n) is 9.01. The quantitative estimate of drug-likeness (QED) is 0.411. The van der Waals surface area contributed by atoms with E-state index in [9.17, 15) is 14.7 Å². The fourth-order valence-corrected chi connectivity index (χ4v) is 4.71. The van der Waals surface area contributed by atoms with Gasteiger partial charge in [-0.2, -0.15) is 0 Å². The molecule has 1 fully saturated rings. The molecule has 4 heterocycles. The number of nitrogens with zero attached hydrogens (tertiary/aromatic N) is 4. The van der Waals surface area contributed by atoms with E-state index in [-0.39, 0.29) is 31.0 Å². The Morgan fingerprint density at radius 3 is 2.81 bits per heavy atom. The Balaban J connectivity index is 1.28. The first-order valence-electron chi connectivity index (χ1n) is 12.1. The van der Waals surface area contributed by atoms with Crippen LogP contribution in [0.25, 0.3) is 11.3 Å². The molecule has 1 atom stereocenters. The van der Waals surface area contributed by atoms with Crippen LogP contribution in [-0.4, -0.2) is 69.2 Å². The summed E-state index contributed by atoms with van der Waals surface area (Å²) < 4.78 is 5.40. The predicted molar refractivity (Wildman–Crippen MR) is 137 cm³/mol. The molecule has 0 saturated carbocycles. The molecular formula is C26H27ClN6O4. The highest BCUT2D eigenvalue weighted by Crippen LogP contribution is 2.31. The normalized spacial score (nSPS) is 16.4. The third kappa shape index (κ3) is 5.71. The molecule has 1 aromatic carbocycles. The van der Waals surface area contributed by atoms with Crippen LogP contribution in [0.2, 0.25) is 5.02 Å². The molecule has 0 spiro atoms. The van der Waals surface area contributed by atoms with Gasteiger partial charge >= 0.3 is 0 Å². The first kappa shape index (κ1) is 25.1. The topological polar surface area (TPSA) is 130 Å². The van der Waals surface area contributed by atoms with Gasteiger partial charge in [0.2, 0.25) is 11.9 Å². The number of hydrogen-bond donors (Lipinski definition) is 3. The van der Waals surface area contributed by atoms with Crippen molar-refractivity contribution in [1.82, 2.24) is 25.2 Å². The molecule has 10 nitrogen and oxygen atoms in total. The maximum Gasteiger partial charge on any atom is 0.254 e. The fourth-order valence-electron chi connectivity index (χ4n) is 4.51. The minimum Gasteiger partial charge on any atom is -0.394 e. The van der Waals surface area contributed by atoms with Gasteiger partial charge in [-0.15, -0.1) is 0 Å². The molecule has 192 valence electrons. The van der Waals surface area contributed by atoms with Crippen molar-refractivity contribution in [3.05, 3.63) is 70.6 Å². The fraction of sp³-hybridized carbons (Fsp3) is 0.346. The highest BCUT2D eigenvalue weighted by atomic mass is 35.5. The molecule has 2 aliphatic rings. The lowest BCUT2D eigenvalue weighted by Crippen LogP contribution is -2.40. The minimum atomic E-state index is -0.649. The molecule has 0 aliphatic carbocycles. The van der Waals surface area contributed by atoms with Gasteiger partial charge in [0.1, 0.15) is 6.54 Å². The number of aliphatic hydroxyl groups is 1. The maximum absolute atomic E-state index is 13.1. The average Bonchev–Trinajstić information content (AvgIpc) is 3.23. The number of anilines is 1. The van der Waals surface area contributed by atoms with Gasteiger partial charge in [0.05, 0.1) is 35.3 Å². The Morgan fingerprint density at radius 2 is 2.05 bits per heavy atom. The van der Waals surface area contributed by atoms with Crippen LogP contribution in [0.1, 0.15) is 40.5 Å². The van der Waals surface area contributed by atoms with Crippen molar-refractivity contribution < 1.29 is 19.4 Å². The predicted octanol–water partition coefficient (Wildman–Crippen LogP) is 2.59. The van der Waals surface area contributed by atoms with Gasteiger partial charge in [-0.05, 0) is 36.6 Å². The molecule has 2 amide bonds. The third-order valence-corrected chi connectivity index (χ3v) is 6.73. The van der Waals surface area contributed by atoms with E-state index in [0.29, 0.717) is 53.2 Å². The van der Waals surface area contributed by atoms with Crippen LogP contribution in [-0.2, 0) is 16.1 Å². The van der Waals surface area contributed by atoms with Gasteiger partial charge in [-0.25, -0.2) is 9.97 Å². The second kappa shape index (κ2) is 11.2. The first-order valence-corrected chi connectivity index (χ1v) is 12.5. The zero-order chi connectivity index (χ0) is 25.8. The summed E-state index contributed by atoms with van der Waals surface area (Å²) >= 11 is 6.42. The minimum absolute atomic E-state index is 0.139. The van der Waals surface area contributed by atoms with E-state index < -0.39 is 6.04 Å². The van der Waals surface area contributed by atoms with Crippen molar-refractivity contribution in [2.45, 2.75) is 31.5 Å². The number of hydrogen-bond acceptors (Lipinski definition) is 8. The summed E-state index contributed by atoms with van der Waals surface area (Å²) in [6.07, 6.45) is 4.89. The van der Waals surface area contributed by atoms with Crippen molar-refractivity contribution in [2.75, 3.05) is 31.7 Å². The van der Waals surface area contributed by atoms with E-state index in [2.05, 4.69) is 25.6 Å². The lowest BCUT2D eigenvalue weighted by molar-refractivity contribution is -0.122. The monoisotopic (exact) mass is 522 g/mol. The summed E-state index contributed by atoms with van der Waals surface area (Å²) in [5.41, 5.74) is 3.08. The Bertz CT molecular complexity index is 1290. The maximum atomic E-state index is 13.1. The van der Waals surface area contributed by atoms with Crippen LogP contribution in [0.3, 0.4) is 0 Å². The zero-order valence-electron chi connectivity index (χ0n) is 20.1.